The van der Waals surface area contributed by atoms with Crippen molar-refractivity contribution in [3.63, 3.8) is 0 Å². The molecule has 0 aliphatic carbocycles. The van der Waals surface area contributed by atoms with E-state index in [4.69, 9.17) is 0 Å². The van der Waals surface area contributed by atoms with Gasteiger partial charge in [0.2, 0.25) is 0 Å². The SMILES string of the molecule is CCC(C)CCCN1CCN(CC)CC1. The average Bonchev–Trinajstić information content (AvgIpc) is 2.29. The van der Waals surface area contributed by atoms with Gasteiger partial charge in [0.1, 0.15) is 0 Å². The number of hydrogen-bond acceptors (Lipinski definition) is 2. The van der Waals surface area contributed by atoms with Gasteiger partial charge in [-0.2, -0.15) is 0 Å². The molecule has 1 aliphatic heterocycles. The summed E-state index contributed by atoms with van der Waals surface area (Å²) in [5.41, 5.74) is 0. The number of rotatable bonds is 6. The molecule has 0 spiro atoms. The maximum atomic E-state index is 2.63. The summed E-state index contributed by atoms with van der Waals surface area (Å²) < 4.78 is 0. The molecular formula is C13H28N2. The molecule has 0 aromatic rings. The average molecular weight is 212 g/mol. The Hall–Kier alpha value is -0.0800. The van der Waals surface area contributed by atoms with Crippen LogP contribution >= 0.6 is 0 Å². The number of hydrogen-bond donors (Lipinski definition) is 0. The van der Waals surface area contributed by atoms with Gasteiger partial charge in [-0.15, -0.1) is 0 Å². The predicted molar refractivity (Wildman–Crippen MR) is 67.2 cm³/mol. The lowest BCUT2D eigenvalue weighted by Crippen LogP contribution is -2.46. The minimum atomic E-state index is 0.918. The summed E-state index contributed by atoms with van der Waals surface area (Å²) in [6, 6.07) is 0. The van der Waals surface area contributed by atoms with Crippen LogP contribution < -0.4 is 0 Å². The largest absolute Gasteiger partial charge is 0.301 e. The first-order valence-electron chi connectivity index (χ1n) is 6.71. The quantitative estimate of drug-likeness (QED) is 0.667. The molecule has 1 atom stereocenters. The van der Waals surface area contributed by atoms with E-state index >= 15 is 0 Å². The van der Waals surface area contributed by atoms with Crippen LogP contribution in [0.25, 0.3) is 0 Å². The van der Waals surface area contributed by atoms with Crippen molar-refractivity contribution < 1.29 is 0 Å². The molecular weight excluding hydrogens is 184 g/mol. The van der Waals surface area contributed by atoms with Crippen LogP contribution in [0.1, 0.15) is 40.0 Å². The third-order valence-electron chi connectivity index (χ3n) is 3.78. The summed E-state index contributed by atoms with van der Waals surface area (Å²) in [6.07, 6.45) is 4.13. The molecule has 0 bridgehead atoms. The van der Waals surface area contributed by atoms with Gasteiger partial charge in [0.25, 0.3) is 0 Å². The van der Waals surface area contributed by atoms with Gasteiger partial charge in [-0.3, -0.25) is 0 Å². The summed E-state index contributed by atoms with van der Waals surface area (Å²) in [6.45, 7) is 14.6. The van der Waals surface area contributed by atoms with Crippen LogP contribution in [0.4, 0.5) is 0 Å². The van der Waals surface area contributed by atoms with Crippen LogP contribution in [0, 0.1) is 5.92 Å². The van der Waals surface area contributed by atoms with E-state index < -0.39 is 0 Å². The monoisotopic (exact) mass is 212 g/mol. The second kappa shape index (κ2) is 7.24. The van der Waals surface area contributed by atoms with E-state index in [0.29, 0.717) is 0 Å². The van der Waals surface area contributed by atoms with Crippen LogP contribution in [0.15, 0.2) is 0 Å². The fraction of sp³-hybridized carbons (Fsp3) is 1.00. The molecule has 0 aromatic carbocycles. The summed E-state index contributed by atoms with van der Waals surface area (Å²) in [7, 11) is 0. The lowest BCUT2D eigenvalue weighted by atomic mass is 10.0. The molecule has 1 fully saturated rings. The number of nitrogens with zero attached hydrogens (tertiary/aromatic N) is 2. The first-order valence-corrected chi connectivity index (χ1v) is 6.71. The molecule has 1 rings (SSSR count). The molecule has 1 saturated heterocycles. The van der Waals surface area contributed by atoms with E-state index in [2.05, 4.69) is 30.6 Å². The summed E-state index contributed by atoms with van der Waals surface area (Å²) >= 11 is 0. The summed E-state index contributed by atoms with van der Waals surface area (Å²) in [4.78, 5) is 5.18. The Kier molecular flexibility index (Phi) is 6.26. The van der Waals surface area contributed by atoms with E-state index in [0.717, 1.165) is 5.92 Å². The standard InChI is InChI=1S/C13H28N2/c1-4-13(3)7-6-8-15-11-9-14(5-2)10-12-15/h13H,4-12H2,1-3H3. The molecule has 90 valence electrons. The minimum Gasteiger partial charge on any atom is -0.301 e. The highest BCUT2D eigenvalue weighted by molar-refractivity contribution is 4.70. The molecule has 1 aliphatic rings. The maximum absolute atomic E-state index is 2.63. The van der Waals surface area contributed by atoms with Gasteiger partial charge in [-0.1, -0.05) is 27.2 Å². The van der Waals surface area contributed by atoms with E-state index in [9.17, 15) is 0 Å². The van der Waals surface area contributed by atoms with Crippen molar-refractivity contribution in [3.8, 4) is 0 Å². The highest BCUT2D eigenvalue weighted by atomic mass is 15.3. The van der Waals surface area contributed by atoms with Crippen molar-refractivity contribution in [2.75, 3.05) is 39.3 Å². The lowest BCUT2D eigenvalue weighted by Gasteiger charge is -2.34. The van der Waals surface area contributed by atoms with E-state index in [1.54, 1.807) is 0 Å². The van der Waals surface area contributed by atoms with Crippen molar-refractivity contribution in [1.29, 1.82) is 0 Å². The molecule has 15 heavy (non-hydrogen) atoms. The smallest absolute Gasteiger partial charge is 0.0110 e. The van der Waals surface area contributed by atoms with Crippen LogP contribution in [-0.2, 0) is 0 Å². The zero-order valence-corrected chi connectivity index (χ0v) is 10.8. The summed E-state index contributed by atoms with van der Waals surface area (Å²) in [5.74, 6) is 0.918. The van der Waals surface area contributed by atoms with E-state index in [1.807, 2.05) is 0 Å². The fourth-order valence-corrected chi connectivity index (χ4v) is 2.20. The molecule has 0 radical (unpaired) electrons. The van der Waals surface area contributed by atoms with Crippen LogP contribution in [0.2, 0.25) is 0 Å². The van der Waals surface area contributed by atoms with Gasteiger partial charge in [0, 0.05) is 26.2 Å². The second-order valence-corrected chi connectivity index (χ2v) is 4.93. The fourth-order valence-electron chi connectivity index (χ4n) is 2.20. The molecule has 1 heterocycles. The van der Waals surface area contributed by atoms with Crippen LogP contribution in [0.5, 0.6) is 0 Å². The second-order valence-electron chi connectivity index (χ2n) is 4.93. The van der Waals surface area contributed by atoms with Gasteiger partial charge >= 0.3 is 0 Å². The van der Waals surface area contributed by atoms with Gasteiger partial charge in [0.05, 0.1) is 0 Å². The van der Waals surface area contributed by atoms with Gasteiger partial charge in [-0.05, 0) is 31.8 Å². The highest BCUT2D eigenvalue weighted by Gasteiger charge is 2.14. The molecule has 0 aromatic heterocycles. The van der Waals surface area contributed by atoms with Crippen LogP contribution in [-0.4, -0.2) is 49.1 Å². The van der Waals surface area contributed by atoms with Crippen molar-refractivity contribution in [2.24, 2.45) is 5.92 Å². The van der Waals surface area contributed by atoms with Gasteiger partial charge < -0.3 is 9.80 Å². The maximum Gasteiger partial charge on any atom is 0.0110 e. The Morgan fingerprint density at radius 1 is 1.00 bits per heavy atom. The summed E-state index contributed by atoms with van der Waals surface area (Å²) in [5, 5.41) is 0. The topological polar surface area (TPSA) is 6.48 Å². The van der Waals surface area contributed by atoms with Crippen molar-refractivity contribution in [3.05, 3.63) is 0 Å². The molecule has 0 saturated carbocycles. The molecule has 2 heteroatoms. The Labute approximate surface area is 95.6 Å². The number of likely N-dealkylation sites (N-methyl/N-ethyl adjacent to an activating group) is 1. The predicted octanol–water partition coefficient (Wildman–Crippen LogP) is 2.45. The molecule has 0 amide bonds. The normalized spacial score (nSPS) is 21.8. The third kappa shape index (κ3) is 4.98. The minimum absolute atomic E-state index is 0.918. The van der Waals surface area contributed by atoms with Gasteiger partial charge in [0.15, 0.2) is 0 Å². The Morgan fingerprint density at radius 2 is 1.60 bits per heavy atom. The highest BCUT2D eigenvalue weighted by Crippen LogP contribution is 2.10. The molecule has 1 unspecified atom stereocenters. The Balaban J connectivity index is 2.03. The third-order valence-corrected chi connectivity index (χ3v) is 3.78. The van der Waals surface area contributed by atoms with E-state index in [1.165, 1.54) is 58.5 Å². The first-order chi connectivity index (χ1) is 7.26. The Bertz CT molecular complexity index is 151. The van der Waals surface area contributed by atoms with Crippen LogP contribution in [0.3, 0.4) is 0 Å². The zero-order valence-electron chi connectivity index (χ0n) is 10.8. The molecule has 0 N–H and O–H groups in total. The zero-order chi connectivity index (χ0) is 11.1. The molecule has 2 nitrogen and oxygen atoms in total. The van der Waals surface area contributed by atoms with Crippen molar-refractivity contribution in [2.45, 2.75) is 40.0 Å². The first kappa shape index (κ1) is 13.0. The van der Waals surface area contributed by atoms with Gasteiger partial charge in [-0.25, -0.2) is 0 Å². The van der Waals surface area contributed by atoms with Crippen molar-refractivity contribution in [1.82, 2.24) is 9.80 Å². The Morgan fingerprint density at radius 3 is 2.13 bits per heavy atom. The van der Waals surface area contributed by atoms with Crippen molar-refractivity contribution >= 4 is 0 Å². The number of piperazine rings is 1. The van der Waals surface area contributed by atoms with E-state index in [-0.39, 0.29) is 0 Å². The lowest BCUT2D eigenvalue weighted by molar-refractivity contribution is 0.134.